The predicted octanol–water partition coefficient (Wildman–Crippen LogP) is 5.12. The van der Waals surface area contributed by atoms with Crippen LogP contribution in [0.5, 0.6) is 5.75 Å². The zero-order valence-electron chi connectivity index (χ0n) is 22.4. The molecule has 0 amide bonds. The number of carbonyl (C=O) groups is 4. The second-order valence-corrected chi connectivity index (χ2v) is 9.59. The maximum atomic E-state index is 13.2. The van der Waals surface area contributed by atoms with Crippen LogP contribution in [0.1, 0.15) is 52.9 Å². The molecule has 2 rings (SSSR count). The first-order chi connectivity index (χ1) is 18.2. The van der Waals surface area contributed by atoms with Crippen molar-refractivity contribution in [3.8, 4) is 5.75 Å². The highest BCUT2D eigenvalue weighted by atomic mass is 32.2. The summed E-state index contributed by atoms with van der Waals surface area (Å²) >= 11 is 1.30. The van der Waals surface area contributed by atoms with E-state index < -0.39 is 23.6 Å². The first-order valence-electron chi connectivity index (χ1n) is 12.6. The summed E-state index contributed by atoms with van der Waals surface area (Å²) < 4.78 is 21.8. The Labute approximate surface area is 228 Å². The Hall–Kier alpha value is -3.33. The summed E-state index contributed by atoms with van der Waals surface area (Å²) in [6.45, 7) is 4.67. The highest BCUT2D eigenvalue weighted by Crippen LogP contribution is 2.41. The number of esters is 3. The number of hydrogen-bond acceptors (Lipinski definition) is 9. The van der Waals surface area contributed by atoms with Gasteiger partial charge >= 0.3 is 17.9 Å². The molecule has 0 fully saturated rings. The summed E-state index contributed by atoms with van der Waals surface area (Å²) in [5.41, 5.74) is -0.844. The van der Waals surface area contributed by atoms with Crippen molar-refractivity contribution in [2.75, 3.05) is 19.5 Å². The van der Waals surface area contributed by atoms with E-state index in [-0.39, 0.29) is 18.4 Å². The Bertz CT molecular complexity index is 1060. The zero-order valence-corrected chi connectivity index (χ0v) is 23.2. The van der Waals surface area contributed by atoms with E-state index in [2.05, 4.69) is 0 Å². The Morgan fingerprint density at radius 3 is 2.34 bits per heavy atom. The standard InChI is InChI=1S/C29H36O8S/c1-21(30)34-19-11-15-25(36-22(2)31)14-10-16-26-28(33)27(38-4)20-29(26,37-23(3)32)17-8-9-18-35-24-12-6-5-7-13-24/h5-7,10,12-14,16,20,25H,8-9,11,15,17-19H2,1-4H3/b14-10+,26-16+. The smallest absolute Gasteiger partial charge is 0.303 e. The monoisotopic (exact) mass is 544 g/mol. The van der Waals surface area contributed by atoms with Crippen LogP contribution in [-0.2, 0) is 33.4 Å². The van der Waals surface area contributed by atoms with E-state index in [1.54, 1.807) is 30.6 Å². The Balaban J connectivity index is 2.16. The molecule has 2 atom stereocenters. The van der Waals surface area contributed by atoms with Gasteiger partial charge in [0.25, 0.3) is 0 Å². The van der Waals surface area contributed by atoms with Crippen molar-refractivity contribution in [2.24, 2.45) is 0 Å². The number of para-hydroxylation sites is 1. The lowest BCUT2D eigenvalue weighted by Gasteiger charge is -2.28. The van der Waals surface area contributed by atoms with Crippen molar-refractivity contribution in [3.63, 3.8) is 0 Å². The molecule has 206 valence electrons. The van der Waals surface area contributed by atoms with E-state index in [0.717, 1.165) is 5.75 Å². The average molecular weight is 545 g/mol. The molecule has 2 unspecified atom stereocenters. The van der Waals surface area contributed by atoms with Gasteiger partial charge in [0.1, 0.15) is 11.9 Å². The van der Waals surface area contributed by atoms with Crippen LogP contribution >= 0.6 is 11.8 Å². The van der Waals surface area contributed by atoms with E-state index in [1.165, 1.54) is 32.5 Å². The number of thioether (sulfide) groups is 1. The van der Waals surface area contributed by atoms with Gasteiger partial charge in [0, 0.05) is 26.3 Å². The maximum Gasteiger partial charge on any atom is 0.303 e. The van der Waals surface area contributed by atoms with Gasteiger partial charge in [-0.1, -0.05) is 30.4 Å². The van der Waals surface area contributed by atoms with E-state index >= 15 is 0 Å². The van der Waals surface area contributed by atoms with E-state index in [4.69, 9.17) is 18.9 Å². The molecule has 0 aromatic heterocycles. The number of unbranched alkanes of at least 4 members (excludes halogenated alkanes) is 1. The molecule has 8 nitrogen and oxygen atoms in total. The zero-order chi connectivity index (χ0) is 28.0. The van der Waals surface area contributed by atoms with Gasteiger partial charge in [-0.25, -0.2) is 0 Å². The molecule has 1 aromatic carbocycles. The summed E-state index contributed by atoms with van der Waals surface area (Å²) in [6.07, 6.45) is 10.6. The number of Topliss-reactive ketones (excluding diaryl/α,β-unsaturated/α-hetero) is 1. The molecule has 0 saturated heterocycles. The number of ether oxygens (including phenoxy) is 4. The summed E-state index contributed by atoms with van der Waals surface area (Å²) in [5, 5.41) is 0. The van der Waals surface area contributed by atoms with E-state index in [1.807, 2.05) is 30.3 Å². The molecule has 0 bridgehead atoms. The third-order valence-electron chi connectivity index (χ3n) is 5.63. The Kier molecular flexibility index (Phi) is 12.9. The van der Waals surface area contributed by atoms with Gasteiger partial charge < -0.3 is 18.9 Å². The van der Waals surface area contributed by atoms with Crippen LogP contribution in [0.15, 0.2) is 65.1 Å². The van der Waals surface area contributed by atoms with E-state index in [0.29, 0.717) is 49.2 Å². The van der Waals surface area contributed by atoms with Crippen molar-refractivity contribution >= 4 is 35.5 Å². The van der Waals surface area contributed by atoms with Crippen LogP contribution in [-0.4, -0.2) is 54.9 Å². The third-order valence-corrected chi connectivity index (χ3v) is 6.38. The first-order valence-corrected chi connectivity index (χ1v) is 13.8. The fourth-order valence-electron chi connectivity index (χ4n) is 4.03. The van der Waals surface area contributed by atoms with Gasteiger partial charge in [0.05, 0.1) is 18.1 Å². The molecule has 9 heteroatoms. The minimum absolute atomic E-state index is 0.206. The van der Waals surface area contributed by atoms with E-state index in [9.17, 15) is 19.2 Å². The molecule has 0 radical (unpaired) electrons. The highest BCUT2D eigenvalue weighted by molar-refractivity contribution is 8.03. The number of hydrogen-bond donors (Lipinski definition) is 0. The normalized spacial score (nSPS) is 18.8. The molecule has 0 saturated carbocycles. The summed E-state index contributed by atoms with van der Waals surface area (Å²) in [7, 11) is 0. The van der Waals surface area contributed by atoms with Crippen LogP contribution in [0.4, 0.5) is 0 Å². The molecule has 0 aliphatic heterocycles. The molecule has 0 heterocycles. The number of rotatable bonds is 15. The third kappa shape index (κ3) is 10.2. The molecule has 38 heavy (non-hydrogen) atoms. The molecule has 1 aromatic rings. The molecular formula is C29H36O8S. The second kappa shape index (κ2) is 15.8. The highest BCUT2D eigenvalue weighted by Gasteiger charge is 2.45. The molecule has 0 spiro atoms. The topological polar surface area (TPSA) is 105 Å². The van der Waals surface area contributed by atoms with Crippen molar-refractivity contribution in [1.29, 1.82) is 0 Å². The van der Waals surface area contributed by atoms with Crippen LogP contribution in [0.25, 0.3) is 0 Å². The largest absolute Gasteiger partial charge is 0.494 e. The van der Waals surface area contributed by atoms with Crippen molar-refractivity contribution < 1.29 is 38.1 Å². The van der Waals surface area contributed by atoms with Crippen LogP contribution in [0.2, 0.25) is 0 Å². The Morgan fingerprint density at radius 2 is 1.71 bits per heavy atom. The molecule has 1 aliphatic carbocycles. The van der Waals surface area contributed by atoms with Crippen molar-refractivity contribution in [1.82, 2.24) is 0 Å². The maximum absolute atomic E-state index is 13.2. The van der Waals surface area contributed by atoms with Crippen LogP contribution in [0.3, 0.4) is 0 Å². The van der Waals surface area contributed by atoms with Crippen molar-refractivity contribution in [3.05, 3.63) is 65.1 Å². The van der Waals surface area contributed by atoms with Gasteiger partial charge in [-0.15, -0.1) is 11.8 Å². The second-order valence-electron chi connectivity index (χ2n) is 8.74. The van der Waals surface area contributed by atoms with Crippen LogP contribution < -0.4 is 4.74 Å². The summed E-state index contributed by atoms with van der Waals surface area (Å²) in [6, 6.07) is 9.50. The number of allylic oxidation sites excluding steroid dienone is 3. The summed E-state index contributed by atoms with van der Waals surface area (Å²) in [5.74, 6) is -0.740. The first kappa shape index (κ1) is 30.9. The molecule has 0 N–H and O–H groups in total. The number of ketones is 1. The fraction of sp³-hybridized carbons (Fsp3) is 0.448. The van der Waals surface area contributed by atoms with Crippen LogP contribution in [0, 0.1) is 0 Å². The van der Waals surface area contributed by atoms with Gasteiger partial charge in [-0.2, -0.15) is 0 Å². The van der Waals surface area contributed by atoms with Gasteiger partial charge in [0.15, 0.2) is 11.4 Å². The van der Waals surface area contributed by atoms with Gasteiger partial charge in [-0.3, -0.25) is 19.2 Å². The SMILES string of the molecule is CSC1=CC(CCCCOc2ccccc2)(OC(C)=O)/C(=C/C=C/C(CCCOC(C)=O)OC(C)=O)C1=O. The predicted molar refractivity (Wildman–Crippen MR) is 146 cm³/mol. The fourth-order valence-corrected chi connectivity index (χ4v) is 4.63. The number of benzene rings is 1. The molecule has 1 aliphatic rings. The lowest BCUT2D eigenvalue weighted by Crippen LogP contribution is -2.34. The minimum Gasteiger partial charge on any atom is -0.494 e. The van der Waals surface area contributed by atoms with Gasteiger partial charge in [0.2, 0.25) is 0 Å². The van der Waals surface area contributed by atoms with Gasteiger partial charge in [-0.05, 0) is 62.6 Å². The lowest BCUT2D eigenvalue weighted by atomic mass is 9.90. The lowest BCUT2D eigenvalue weighted by molar-refractivity contribution is -0.150. The quantitative estimate of drug-likeness (QED) is 0.129. The number of carbonyl (C=O) groups excluding carboxylic acids is 4. The molecular weight excluding hydrogens is 508 g/mol. The van der Waals surface area contributed by atoms with Crippen molar-refractivity contribution in [2.45, 2.75) is 64.6 Å². The minimum atomic E-state index is -1.19. The average Bonchev–Trinajstić information content (AvgIpc) is 3.11. The summed E-state index contributed by atoms with van der Waals surface area (Å²) in [4.78, 5) is 48.3. The Morgan fingerprint density at radius 1 is 0.974 bits per heavy atom.